The lowest BCUT2D eigenvalue weighted by atomic mass is 9.94. The van der Waals surface area contributed by atoms with Crippen LogP contribution in [0.5, 0.6) is 11.5 Å². The van der Waals surface area contributed by atoms with Crippen LogP contribution in [0.3, 0.4) is 0 Å². The molecule has 8 heteroatoms. The molecular formula is C25H29ClN2O5. The molecule has 3 rings (SSSR count). The van der Waals surface area contributed by atoms with Crippen LogP contribution in [0.15, 0.2) is 48.0 Å². The summed E-state index contributed by atoms with van der Waals surface area (Å²) in [6.45, 7) is 6.89. The number of nitrogens with zero attached hydrogens (tertiary/aromatic N) is 1. The highest BCUT2D eigenvalue weighted by Crippen LogP contribution is 2.43. The maximum Gasteiger partial charge on any atom is 0.295 e. The van der Waals surface area contributed by atoms with Crippen LogP contribution in [-0.2, 0) is 9.59 Å². The third-order valence-electron chi connectivity index (χ3n) is 6.07. The molecule has 0 aromatic heterocycles. The van der Waals surface area contributed by atoms with Crippen LogP contribution in [0.4, 0.5) is 0 Å². The Morgan fingerprint density at radius 3 is 2.30 bits per heavy atom. The number of carbonyl (C=O) groups is 2. The summed E-state index contributed by atoms with van der Waals surface area (Å²) in [5, 5.41) is 14.0. The summed E-state index contributed by atoms with van der Waals surface area (Å²) in [4.78, 5) is 29.1. The molecule has 1 aliphatic heterocycles. The van der Waals surface area contributed by atoms with Crippen molar-refractivity contribution in [2.24, 2.45) is 0 Å². The fraction of sp³-hybridized carbons (Fsp3) is 0.360. The van der Waals surface area contributed by atoms with Crippen molar-refractivity contribution >= 4 is 29.1 Å². The largest absolute Gasteiger partial charge is 0.872 e. The second-order valence-corrected chi connectivity index (χ2v) is 8.23. The Bertz CT molecular complexity index is 1050. The van der Waals surface area contributed by atoms with Crippen LogP contribution in [-0.4, -0.2) is 57.0 Å². The monoisotopic (exact) mass is 472 g/mol. The van der Waals surface area contributed by atoms with Gasteiger partial charge in [0.1, 0.15) is 11.5 Å². The first-order chi connectivity index (χ1) is 15.9. The number of methoxy groups -OCH3 is 2. The van der Waals surface area contributed by atoms with Gasteiger partial charge in [-0.1, -0.05) is 29.5 Å². The number of halogens is 1. The number of amides is 1. The Morgan fingerprint density at radius 2 is 1.73 bits per heavy atom. The van der Waals surface area contributed by atoms with Gasteiger partial charge in [-0.2, -0.15) is 0 Å². The Balaban J connectivity index is 2.19. The number of nitrogens with one attached hydrogen (secondary N) is 1. The lowest BCUT2D eigenvalue weighted by Gasteiger charge is -2.29. The predicted molar refractivity (Wildman–Crippen MR) is 124 cm³/mol. The zero-order valence-electron chi connectivity index (χ0n) is 19.3. The number of ketones is 1. The van der Waals surface area contributed by atoms with Crippen molar-refractivity contribution in [3.8, 4) is 11.5 Å². The zero-order valence-corrected chi connectivity index (χ0v) is 20.1. The van der Waals surface area contributed by atoms with Gasteiger partial charge >= 0.3 is 0 Å². The topological polar surface area (TPSA) is 83.3 Å². The van der Waals surface area contributed by atoms with Crippen molar-refractivity contribution < 1.29 is 29.1 Å². The first kappa shape index (κ1) is 24.6. The molecule has 2 aromatic rings. The van der Waals surface area contributed by atoms with Gasteiger partial charge in [-0.05, 0) is 49.7 Å². The van der Waals surface area contributed by atoms with E-state index in [0.29, 0.717) is 40.7 Å². The minimum absolute atomic E-state index is 0.0941. The number of Topliss-reactive ketones (excluding diaryl/α,β-unsaturated/α-hetero) is 1. The van der Waals surface area contributed by atoms with Crippen LogP contribution in [0.1, 0.15) is 31.0 Å². The normalized spacial score (nSPS) is 17.6. The van der Waals surface area contributed by atoms with Crippen molar-refractivity contribution in [1.29, 1.82) is 0 Å². The third-order valence-corrected chi connectivity index (χ3v) is 6.33. The fourth-order valence-corrected chi connectivity index (χ4v) is 4.24. The summed E-state index contributed by atoms with van der Waals surface area (Å²) in [5.41, 5.74) is 0.727. The molecule has 0 saturated carbocycles. The lowest BCUT2D eigenvalue weighted by molar-refractivity contribution is -0.895. The van der Waals surface area contributed by atoms with E-state index in [1.165, 1.54) is 24.0 Å². The minimum Gasteiger partial charge on any atom is -0.872 e. The van der Waals surface area contributed by atoms with Gasteiger partial charge in [0.15, 0.2) is 0 Å². The third kappa shape index (κ3) is 4.99. The van der Waals surface area contributed by atoms with E-state index < -0.39 is 23.5 Å². The van der Waals surface area contributed by atoms with E-state index in [1.54, 1.807) is 42.5 Å². The fourth-order valence-electron chi connectivity index (χ4n) is 4.12. The molecule has 1 heterocycles. The second kappa shape index (κ2) is 10.7. The van der Waals surface area contributed by atoms with Crippen molar-refractivity contribution in [2.75, 3.05) is 40.4 Å². The van der Waals surface area contributed by atoms with Crippen molar-refractivity contribution in [3.63, 3.8) is 0 Å². The molecule has 0 bridgehead atoms. The number of hydrogen-bond donors (Lipinski definition) is 1. The lowest BCUT2D eigenvalue weighted by Crippen LogP contribution is -3.12. The standard InChI is InChI=1S/C25H29ClN2O5/c1-5-27(6-2)13-14-28-22(19-15-18(32-3)11-12-20(19)33-4)21(24(30)25(28)31)23(29)16-7-9-17(26)10-8-16/h7-12,15,22,29H,5-6,13-14H2,1-4H3. The van der Waals surface area contributed by atoms with E-state index in [2.05, 4.69) is 13.8 Å². The van der Waals surface area contributed by atoms with E-state index in [4.69, 9.17) is 21.1 Å². The molecule has 2 aromatic carbocycles. The molecule has 1 amide bonds. The summed E-state index contributed by atoms with van der Waals surface area (Å²) in [5.74, 6) is -0.985. The maximum absolute atomic E-state index is 13.5. The van der Waals surface area contributed by atoms with E-state index in [1.807, 2.05) is 0 Å². The van der Waals surface area contributed by atoms with Crippen molar-refractivity contribution in [2.45, 2.75) is 19.9 Å². The zero-order chi connectivity index (χ0) is 24.1. The molecule has 1 saturated heterocycles. The van der Waals surface area contributed by atoms with Gasteiger partial charge in [-0.25, -0.2) is 0 Å². The number of carbonyl (C=O) groups excluding carboxylic acids is 2. The molecule has 1 unspecified atom stereocenters. The van der Waals surface area contributed by atoms with E-state index in [0.717, 1.165) is 13.1 Å². The number of likely N-dealkylation sites (tertiary alicyclic amines) is 1. The van der Waals surface area contributed by atoms with Crippen molar-refractivity contribution in [3.05, 3.63) is 64.2 Å². The number of likely N-dealkylation sites (N-methyl/N-ethyl adjacent to an activating group) is 1. The Morgan fingerprint density at radius 1 is 1.06 bits per heavy atom. The van der Waals surface area contributed by atoms with Gasteiger partial charge in [0, 0.05) is 16.2 Å². The number of hydrogen-bond acceptors (Lipinski definition) is 5. The average molecular weight is 473 g/mol. The quantitative estimate of drug-likeness (QED) is 0.340. The number of rotatable bonds is 9. The molecule has 1 atom stereocenters. The Hall–Kier alpha value is -3.03. The van der Waals surface area contributed by atoms with Crippen LogP contribution in [0.25, 0.3) is 5.76 Å². The smallest absolute Gasteiger partial charge is 0.295 e. The molecule has 0 aliphatic carbocycles. The number of benzene rings is 2. The molecule has 176 valence electrons. The van der Waals surface area contributed by atoms with Gasteiger partial charge in [0.05, 0.1) is 46.4 Å². The molecule has 7 nitrogen and oxygen atoms in total. The molecule has 1 fully saturated rings. The summed E-state index contributed by atoms with van der Waals surface area (Å²) >= 11 is 5.97. The number of quaternary nitrogens is 1. The maximum atomic E-state index is 13.5. The molecule has 0 radical (unpaired) electrons. The van der Waals surface area contributed by atoms with Gasteiger partial charge in [-0.15, -0.1) is 0 Å². The Labute approximate surface area is 199 Å². The van der Waals surface area contributed by atoms with Crippen LogP contribution >= 0.6 is 11.6 Å². The average Bonchev–Trinajstić information content (AvgIpc) is 3.09. The van der Waals surface area contributed by atoms with E-state index in [9.17, 15) is 14.7 Å². The molecule has 1 N–H and O–H groups in total. The molecular weight excluding hydrogens is 444 g/mol. The summed E-state index contributed by atoms with van der Waals surface area (Å²) in [7, 11) is 3.04. The highest BCUT2D eigenvalue weighted by molar-refractivity contribution is 6.46. The van der Waals surface area contributed by atoms with Gasteiger partial charge in [-0.3, -0.25) is 9.59 Å². The first-order valence-electron chi connectivity index (χ1n) is 10.9. The summed E-state index contributed by atoms with van der Waals surface area (Å²) < 4.78 is 10.9. The van der Waals surface area contributed by atoms with Gasteiger partial charge in [0.25, 0.3) is 5.91 Å². The first-order valence-corrected chi connectivity index (χ1v) is 11.3. The van der Waals surface area contributed by atoms with Gasteiger partial charge in [0.2, 0.25) is 5.78 Å². The molecule has 1 aliphatic rings. The van der Waals surface area contributed by atoms with Crippen LogP contribution < -0.4 is 19.5 Å². The van der Waals surface area contributed by atoms with E-state index >= 15 is 0 Å². The molecule has 0 spiro atoms. The van der Waals surface area contributed by atoms with Gasteiger partial charge < -0.3 is 24.4 Å². The second-order valence-electron chi connectivity index (χ2n) is 7.79. The van der Waals surface area contributed by atoms with E-state index in [-0.39, 0.29) is 5.57 Å². The van der Waals surface area contributed by atoms with Crippen molar-refractivity contribution in [1.82, 2.24) is 4.90 Å². The summed E-state index contributed by atoms with van der Waals surface area (Å²) in [6.07, 6.45) is 0. The van der Waals surface area contributed by atoms with Crippen LogP contribution in [0.2, 0.25) is 5.02 Å². The molecule has 33 heavy (non-hydrogen) atoms. The highest BCUT2D eigenvalue weighted by atomic mass is 35.5. The SMILES string of the molecule is CC[NH+](CC)CCN1C(=O)C(=O)C(=C([O-])c2ccc(Cl)cc2)C1c1cc(OC)ccc1OC. The number of ether oxygens (including phenoxy) is 2. The summed E-state index contributed by atoms with van der Waals surface area (Å²) in [6, 6.07) is 10.5. The Kier molecular flexibility index (Phi) is 8.00. The predicted octanol–water partition coefficient (Wildman–Crippen LogP) is 1.51. The minimum atomic E-state index is -0.881. The van der Waals surface area contributed by atoms with Crippen LogP contribution in [0, 0.1) is 0 Å². The highest BCUT2D eigenvalue weighted by Gasteiger charge is 2.45.